The van der Waals surface area contributed by atoms with Crippen LogP contribution < -0.4 is 10.6 Å². The van der Waals surface area contributed by atoms with Gasteiger partial charge in [-0.2, -0.15) is 5.26 Å². The molecule has 5 heteroatoms. The Kier molecular flexibility index (Phi) is 5.35. The van der Waals surface area contributed by atoms with E-state index in [9.17, 15) is 10.1 Å². The first kappa shape index (κ1) is 17.3. The summed E-state index contributed by atoms with van der Waals surface area (Å²) >= 11 is 0. The van der Waals surface area contributed by atoms with E-state index in [4.69, 9.17) is 0 Å². The second-order valence-corrected chi connectivity index (χ2v) is 6.06. The molecule has 3 aromatic rings. The molecule has 3 rings (SSSR count). The van der Waals surface area contributed by atoms with Gasteiger partial charge in [0.25, 0.3) is 5.91 Å². The van der Waals surface area contributed by atoms with Gasteiger partial charge in [-0.05, 0) is 42.7 Å². The maximum absolute atomic E-state index is 12.2. The van der Waals surface area contributed by atoms with Crippen LogP contribution in [0.2, 0.25) is 0 Å². The SMILES string of the molecule is Cc1cccc(NC(=O)/C(C#N)=C\NCCc2c[nH]c3ccccc23)c1. The minimum Gasteiger partial charge on any atom is -0.389 e. The van der Waals surface area contributed by atoms with Gasteiger partial charge >= 0.3 is 0 Å². The van der Waals surface area contributed by atoms with Crippen LogP contribution in [0.4, 0.5) is 5.69 Å². The van der Waals surface area contributed by atoms with Gasteiger partial charge in [0.2, 0.25) is 0 Å². The van der Waals surface area contributed by atoms with Crippen molar-refractivity contribution in [1.82, 2.24) is 10.3 Å². The van der Waals surface area contributed by atoms with Crippen LogP contribution in [0.3, 0.4) is 0 Å². The van der Waals surface area contributed by atoms with Gasteiger partial charge in [-0.3, -0.25) is 4.79 Å². The number of carbonyl (C=O) groups is 1. The first-order valence-electron chi connectivity index (χ1n) is 8.44. The highest BCUT2D eigenvalue weighted by atomic mass is 16.1. The number of anilines is 1. The number of rotatable bonds is 6. The number of fused-ring (bicyclic) bond motifs is 1. The van der Waals surface area contributed by atoms with E-state index < -0.39 is 5.91 Å². The predicted octanol–water partition coefficient (Wildman–Crippen LogP) is 3.65. The number of nitriles is 1. The number of nitrogens with zero attached hydrogens (tertiary/aromatic N) is 1. The third-order valence-corrected chi connectivity index (χ3v) is 4.10. The van der Waals surface area contributed by atoms with Gasteiger partial charge in [0.05, 0.1) is 0 Å². The molecule has 1 heterocycles. The third-order valence-electron chi connectivity index (χ3n) is 4.10. The van der Waals surface area contributed by atoms with Crippen molar-refractivity contribution >= 4 is 22.5 Å². The number of H-pyrrole nitrogens is 1. The number of aryl methyl sites for hydroxylation is 1. The minimum atomic E-state index is -0.419. The summed E-state index contributed by atoms with van der Waals surface area (Å²) in [6.07, 6.45) is 4.25. The first-order valence-corrected chi connectivity index (χ1v) is 8.44. The van der Waals surface area contributed by atoms with E-state index in [1.54, 1.807) is 6.07 Å². The molecular formula is C21H20N4O. The summed E-state index contributed by atoms with van der Waals surface area (Å²) in [5.74, 6) is -0.419. The maximum atomic E-state index is 12.2. The highest BCUT2D eigenvalue weighted by Gasteiger charge is 2.09. The Balaban J connectivity index is 1.57. The fourth-order valence-electron chi connectivity index (χ4n) is 2.79. The van der Waals surface area contributed by atoms with Crippen molar-refractivity contribution in [2.75, 3.05) is 11.9 Å². The number of carbonyl (C=O) groups excluding carboxylic acids is 1. The molecule has 0 atom stereocenters. The number of aromatic amines is 1. The molecular weight excluding hydrogens is 324 g/mol. The van der Waals surface area contributed by atoms with E-state index in [2.05, 4.69) is 21.7 Å². The smallest absolute Gasteiger partial charge is 0.267 e. The van der Waals surface area contributed by atoms with Crippen molar-refractivity contribution < 1.29 is 4.79 Å². The van der Waals surface area contributed by atoms with Crippen molar-refractivity contribution in [3.8, 4) is 6.07 Å². The van der Waals surface area contributed by atoms with E-state index in [1.165, 1.54) is 17.1 Å². The Hall–Kier alpha value is -3.52. The number of aromatic nitrogens is 1. The van der Waals surface area contributed by atoms with Crippen LogP contribution in [-0.2, 0) is 11.2 Å². The summed E-state index contributed by atoms with van der Waals surface area (Å²) in [4.78, 5) is 15.4. The van der Waals surface area contributed by atoms with E-state index >= 15 is 0 Å². The molecule has 130 valence electrons. The summed E-state index contributed by atoms with van der Waals surface area (Å²) in [5, 5.41) is 16.2. The molecule has 0 radical (unpaired) electrons. The number of nitrogens with one attached hydrogen (secondary N) is 3. The lowest BCUT2D eigenvalue weighted by molar-refractivity contribution is -0.112. The van der Waals surface area contributed by atoms with Crippen molar-refractivity contribution in [2.45, 2.75) is 13.3 Å². The van der Waals surface area contributed by atoms with E-state index in [0.29, 0.717) is 12.2 Å². The minimum absolute atomic E-state index is 0.0467. The van der Waals surface area contributed by atoms with Gasteiger partial charge < -0.3 is 15.6 Å². The molecule has 0 bridgehead atoms. The highest BCUT2D eigenvalue weighted by molar-refractivity contribution is 6.06. The molecule has 26 heavy (non-hydrogen) atoms. The van der Waals surface area contributed by atoms with E-state index in [0.717, 1.165) is 17.5 Å². The molecule has 0 aliphatic heterocycles. The van der Waals surface area contributed by atoms with Crippen LogP contribution in [0.15, 0.2) is 66.5 Å². The maximum Gasteiger partial charge on any atom is 0.267 e. The molecule has 0 fully saturated rings. The molecule has 3 N–H and O–H groups in total. The normalized spacial score (nSPS) is 11.2. The van der Waals surface area contributed by atoms with Crippen LogP contribution >= 0.6 is 0 Å². The zero-order valence-electron chi connectivity index (χ0n) is 14.5. The zero-order chi connectivity index (χ0) is 18.4. The Labute approximate surface area is 152 Å². The van der Waals surface area contributed by atoms with Crippen molar-refractivity contribution in [2.24, 2.45) is 0 Å². The van der Waals surface area contributed by atoms with Crippen molar-refractivity contribution in [1.29, 1.82) is 5.26 Å². The summed E-state index contributed by atoms with van der Waals surface area (Å²) in [5.41, 5.74) is 4.07. The molecule has 1 amide bonds. The van der Waals surface area contributed by atoms with Crippen molar-refractivity contribution in [3.05, 3.63) is 77.6 Å². The number of amides is 1. The van der Waals surface area contributed by atoms with Crippen LogP contribution in [0.5, 0.6) is 0 Å². The Bertz CT molecular complexity index is 994. The largest absolute Gasteiger partial charge is 0.389 e. The Morgan fingerprint density at radius 2 is 2.08 bits per heavy atom. The highest BCUT2D eigenvalue weighted by Crippen LogP contribution is 2.17. The Morgan fingerprint density at radius 3 is 2.88 bits per heavy atom. The van der Waals surface area contributed by atoms with Gasteiger partial charge in [-0.25, -0.2) is 0 Å². The van der Waals surface area contributed by atoms with Gasteiger partial charge in [0, 0.05) is 35.5 Å². The Morgan fingerprint density at radius 1 is 1.23 bits per heavy atom. The monoisotopic (exact) mass is 344 g/mol. The van der Waals surface area contributed by atoms with Crippen LogP contribution in [-0.4, -0.2) is 17.4 Å². The number of hydrogen-bond donors (Lipinski definition) is 3. The molecule has 2 aromatic carbocycles. The molecule has 0 saturated heterocycles. The first-order chi connectivity index (χ1) is 12.7. The lowest BCUT2D eigenvalue weighted by Gasteiger charge is -2.06. The fraction of sp³-hybridized carbons (Fsp3) is 0.143. The van der Waals surface area contributed by atoms with Crippen LogP contribution in [0, 0.1) is 18.3 Å². The third kappa shape index (κ3) is 4.11. The summed E-state index contributed by atoms with van der Waals surface area (Å²) in [6, 6.07) is 17.5. The van der Waals surface area contributed by atoms with E-state index in [-0.39, 0.29) is 5.57 Å². The second-order valence-electron chi connectivity index (χ2n) is 6.06. The number of para-hydroxylation sites is 1. The molecule has 0 aliphatic carbocycles. The van der Waals surface area contributed by atoms with E-state index in [1.807, 2.05) is 55.6 Å². The summed E-state index contributed by atoms with van der Waals surface area (Å²) < 4.78 is 0. The lowest BCUT2D eigenvalue weighted by Crippen LogP contribution is -2.18. The van der Waals surface area contributed by atoms with Crippen molar-refractivity contribution in [3.63, 3.8) is 0 Å². The predicted molar refractivity (Wildman–Crippen MR) is 104 cm³/mol. The standard InChI is InChI=1S/C21H20N4O/c1-15-5-4-6-18(11-15)25-21(26)17(12-22)13-23-10-9-16-14-24-20-8-3-2-7-19(16)20/h2-8,11,13-14,23-24H,9-10H2,1H3,(H,25,26)/b17-13-. The summed E-state index contributed by atoms with van der Waals surface area (Å²) in [6.45, 7) is 2.58. The molecule has 0 unspecified atom stereocenters. The van der Waals surface area contributed by atoms with Gasteiger partial charge in [-0.15, -0.1) is 0 Å². The second kappa shape index (κ2) is 8.04. The fourth-order valence-corrected chi connectivity index (χ4v) is 2.79. The van der Waals surface area contributed by atoms with Gasteiger partial charge in [0.1, 0.15) is 11.6 Å². The van der Waals surface area contributed by atoms with Gasteiger partial charge in [0.15, 0.2) is 0 Å². The van der Waals surface area contributed by atoms with Crippen LogP contribution in [0.1, 0.15) is 11.1 Å². The summed E-state index contributed by atoms with van der Waals surface area (Å²) in [7, 11) is 0. The zero-order valence-corrected chi connectivity index (χ0v) is 14.5. The quantitative estimate of drug-likeness (QED) is 0.363. The number of hydrogen-bond acceptors (Lipinski definition) is 3. The topological polar surface area (TPSA) is 80.7 Å². The van der Waals surface area contributed by atoms with Gasteiger partial charge in [-0.1, -0.05) is 30.3 Å². The molecule has 0 aliphatic rings. The molecule has 5 nitrogen and oxygen atoms in total. The molecule has 0 spiro atoms. The molecule has 0 saturated carbocycles. The average Bonchev–Trinajstić information content (AvgIpc) is 3.05. The molecule has 1 aromatic heterocycles. The van der Waals surface area contributed by atoms with Crippen LogP contribution in [0.25, 0.3) is 10.9 Å². The average molecular weight is 344 g/mol. The number of benzene rings is 2. The lowest BCUT2D eigenvalue weighted by atomic mass is 10.1.